The SMILES string of the molecule is CC(C)(C)CCS(=O)(=O)Nc1ccc(Cl)cc1C#CCN. The number of hydrogen-bond acceptors (Lipinski definition) is 3. The second-order valence-corrected chi connectivity index (χ2v) is 8.21. The minimum Gasteiger partial charge on any atom is -0.320 e. The Morgan fingerprint density at radius 1 is 1.33 bits per heavy atom. The van der Waals surface area contributed by atoms with E-state index in [0.29, 0.717) is 22.7 Å². The zero-order valence-electron chi connectivity index (χ0n) is 12.5. The Labute approximate surface area is 132 Å². The van der Waals surface area contributed by atoms with Crippen molar-refractivity contribution in [3.8, 4) is 11.8 Å². The molecule has 0 atom stereocenters. The Balaban J connectivity index is 2.96. The predicted octanol–water partition coefficient (Wildman–Crippen LogP) is 2.83. The molecule has 21 heavy (non-hydrogen) atoms. The standard InChI is InChI=1S/C15H21ClN2O2S/c1-15(2,3)8-10-21(19,20)18-14-7-6-13(16)11-12(14)5-4-9-17/h6-7,11,18H,8-10,17H2,1-3H3. The molecule has 1 aromatic carbocycles. The number of nitrogens with one attached hydrogen (secondary N) is 1. The smallest absolute Gasteiger partial charge is 0.232 e. The third-order valence-electron chi connectivity index (χ3n) is 2.69. The molecule has 4 nitrogen and oxygen atoms in total. The first-order valence-electron chi connectivity index (χ1n) is 6.62. The first kappa shape index (κ1) is 17.8. The van der Waals surface area contributed by atoms with Gasteiger partial charge in [-0.3, -0.25) is 4.72 Å². The minimum atomic E-state index is -3.42. The average molecular weight is 329 g/mol. The van der Waals surface area contributed by atoms with E-state index in [4.69, 9.17) is 17.3 Å². The number of nitrogens with two attached hydrogens (primary N) is 1. The molecule has 0 radical (unpaired) electrons. The quantitative estimate of drug-likeness (QED) is 0.835. The lowest BCUT2D eigenvalue weighted by Crippen LogP contribution is -2.21. The van der Waals surface area contributed by atoms with Crippen molar-refractivity contribution in [2.45, 2.75) is 27.2 Å². The third kappa shape index (κ3) is 6.85. The van der Waals surface area contributed by atoms with Crippen LogP contribution in [0.15, 0.2) is 18.2 Å². The van der Waals surface area contributed by atoms with Crippen LogP contribution in [0, 0.1) is 17.3 Å². The van der Waals surface area contributed by atoms with Crippen molar-refractivity contribution in [2.24, 2.45) is 11.1 Å². The molecule has 0 amide bonds. The van der Waals surface area contributed by atoms with E-state index in [1.807, 2.05) is 20.8 Å². The van der Waals surface area contributed by atoms with Gasteiger partial charge in [-0.25, -0.2) is 8.42 Å². The van der Waals surface area contributed by atoms with E-state index in [9.17, 15) is 8.42 Å². The Hall–Kier alpha value is -1.22. The number of hydrogen-bond donors (Lipinski definition) is 2. The minimum absolute atomic E-state index is 0.0447. The monoisotopic (exact) mass is 328 g/mol. The number of anilines is 1. The highest BCUT2D eigenvalue weighted by Crippen LogP contribution is 2.23. The first-order chi connectivity index (χ1) is 9.63. The average Bonchev–Trinajstić information content (AvgIpc) is 2.36. The van der Waals surface area contributed by atoms with Gasteiger partial charge in [0.15, 0.2) is 0 Å². The number of rotatable bonds is 4. The highest BCUT2D eigenvalue weighted by atomic mass is 35.5. The van der Waals surface area contributed by atoms with Gasteiger partial charge >= 0.3 is 0 Å². The van der Waals surface area contributed by atoms with E-state index in [0.717, 1.165) is 0 Å². The molecule has 0 spiro atoms. The van der Waals surface area contributed by atoms with Gasteiger partial charge in [-0.1, -0.05) is 44.2 Å². The van der Waals surface area contributed by atoms with Gasteiger partial charge in [0.1, 0.15) is 0 Å². The molecular formula is C15H21ClN2O2S. The Morgan fingerprint density at radius 2 is 2.00 bits per heavy atom. The van der Waals surface area contributed by atoms with Gasteiger partial charge in [0.25, 0.3) is 0 Å². The summed E-state index contributed by atoms with van der Waals surface area (Å²) in [5.74, 6) is 5.58. The maximum absolute atomic E-state index is 12.1. The molecule has 6 heteroatoms. The van der Waals surface area contributed by atoms with Crippen LogP contribution >= 0.6 is 11.6 Å². The van der Waals surface area contributed by atoms with Crippen molar-refractivity contribution >= 4 is 27.3 Å². The molecule has 0 saturated carbocycles. The zero-order chi connectivity index (χ0) is 16.1. The van der Waals surface area contributed by atoms with Crippen LogP contribution in [0.4, 0.5) is 5.69 Å². The molecule has 0 aliphatic carbocycles. The topological polar surface area (TPSA) is 72.2 Å². The molecule has 0 fully saturated rings. The molecule has 0 aliphatic heterocycles. The second kappa shape index (κ2) is 7.17. The van der Waals surface area contributed by atoms with Crippen LogP contribution in [-0.2, 0) is 10.0 Å². The van der Waals surface area contributed by atoms with E-state index in [-0.39, 0.29) is 17.7 Å². The number of benzene rings is 1. The van der Waals surface area contributed by atoms with Crippen LogP contribution < -0.4 is 10.5 Å². The first-order valence-corrected chi connectivity index (χ1v) is 8.65. The van der Waals surface area contributed by atoms with Gasteiger partial charge in [0.05, 0.1) is 23.5 Å². The predicted molar refractivity (Wildman–Crippen MR) is 88.9 cm³/mol. The molecular weight excluding hydrogens is 308 g/mol. The highest BCUT2D eigenvalue weighted by molar-refractivity contribution is 7.92. The third-order valence-corrected chi connectivity index (χ3v) is 4.20. The summed E-state index contributed by atoms with van der Waals surface area (Å²) in [6.07, 6.45) is 0.569. The molecule has 0 bridgehead atoms. The highest BCUT2D eigenvalue weighted by Gasteiger charge is 2.18. The summed E-state index contributed by atoms with van der Waals surface area (Å²) in [6, 6.07) is 4.85. The van der Waals surface area contributed by atoms with Crippen LogP contribution in [0.5, 0.6) is 0 Å². The summed E-state index contributed by atoms with van der Waals surface area (Å²) >= 11 is 5.91. The van der Waals surface area contributed by atoms with Gasteiger partial charge in [-0.2, -0.15) is 0 Å². The number of halogens is 1. The largest absolute Gasteiger partial charge is 0.320 e. The summed E-state index contributed by atoms with van der Waals surface area (Å²) in [7, 11) is -3.42. The fourth-order valence-corrected chi connectivity index (χ4v) is 3.18. The van der Waals surface area contributed by atoms with Gasteiger partial charge in [-0.15, -0.1) is 0 Å². The maximum Gasteiger partial charge on any atom is 0.232 e. The van der Waals surface area contributed by atoms with Crippen molar-refractivity contribution < 1.29 is 8.42 Å². The second-order valence-electron chi connectivity index (χ2n) is 5.93. The Bertz CT molecular complexity index is 652. The summed E-state index contributed by atoms with van der Waals surface area (Å²) in [4.78, 5) is 0. The molecule has 1 rings (SSSR count). The molecule has 0 aromatic heterocycles. The van der Waals surface area contributed by atoms with Crippen molar-refractivity contribution in [1.29, 1.82) is 0 Å². The Kier molecular flexibility index (Phi) is 6.09. The van der Waals surface area contributed by atoms with E-state index in [1.165, 1.54) is 0 Å². The molecule has 1 aromatic rings. The summed E-state index contributed by atoms with van der Waals surface area (Å²) in [5, 5.41) is 0.494. The summed E-state index contributed by atoms with van der Waals surface area (Å²) in [6.45, 7) is 6.21. The lowest BCUT2D eigenvalue weighted by molar-refractivity contribution is 0.397. The van der Waals surface area contributed by atoms with Gasteiger partial charge in [-0.05, 0) is 30.0 Å². The summed E-state index contributed by atoms with van der Waals surface area (Å²) < 4.78 is 26.8. The van der Waals surface area contributed by atoms with Crippen LogP contribution in [0.3, 0.4) is 0 Å². The maximum atomic E-state index is 12.1. The van der Waals surface area contributed by atoms with E-state index < -0.39 is 10.0 Å². The molecule has 116 valence electrons. The van der Waals surface area contributed by atoms with Crippen molar-refractivity contribution in [3.05, 3.63) is 28.8 Å². The van der Waals surface area contributed by atoms with Gasteiger partial charge in [0, 0.05) is 5.02 Å². The van der Waals surface area contributed by atoms with E-state index in [2.05, 4.69) is 16.6 Å². The fraction of sp³-hybridized carbons (Fsp3) is 0.467. The van der Waals surface area contributed by atoms with Crippen molar-refractivity contribution in [2.75, 3.05) is 17.0 Å². The lowest BCUT2D eigenvalue weighted by atomic mass is 9.94. The number of sulfonamides is 1. The van der Waals surface area contributed by atoms with Crippen LogP contribution in [-0.4, -0.2) is 20.7 Å². The van der Waals surface area contributed by atoms with E-state index >= 15 is 0 Å². The molecule has 0 unspecified atom stereocenters. The normalized spacial score (nSPS) is 11.7. The van der Waals surface area contributed by atoms with E-state index in [1.54, 1.807) is 18.2 Å². The summed E-state index contributed by atoms with van der Waals surface area (Å²) in [5.41, 5.74) is 6.24. The lowest BCUT2D eigenvalue weighted by Gasteiger charge is -2.18. The van der Waals surface area contributed by atoms with Crippen molar-refractivity contribution in [1.82, 2.24) is 0 Å². The van der Waals surface area contributed by atoms with Gasteiger partial charge < -0.3 is 5.73 Å². The van der Waals surface area contributed by atoms with Crippen LogP contribution in [0.1, 0.15) is 32.8 Å². The molecule has 0 saturated heterocycles. The van der Waals surface area contributed by atoms with Gasteiger partial charge in [0.2, 0.25) is 10.0 Å². The Morgan fingerprint density at radius 3 is 2.57 bits per heavy atom. The molecule has 3 N–H and O–H groups in total. The molecule has 0 heterocycles. The van der Waals surface area contributed by atoms with Crippen LogP contribution in [0.2, 0.25) is 5.02 Å². The molecule has 0 aliphatic rings. The van der Waals surface area contributed by atoms with Crippen LogP contribution in [0.25, 0.3) is 0 Å². The zero-order valence-corrected chi connectivity index (χ0v) is 14.1. The van der Waals surface area contributed by atoms with Crippen molar-refractivity contribution in [3.63, 3.8) is 0 Å². The fourth-order valence-electron chi connectivity index (χ4n) is 1.51.